The van der Waals surface area contributed by atoms with Crippen molar-refractivity contribution >= 4 is 11.9 Å². The van der Waals surface area contributed by atoms with Crippen LogP contribution in [-0.4, -0.2) is 192 Å². The molecule has 20 heteroatoms. The molecule has 25 atom stereocenters. The summed E-state index contributed by atoms with van der Waals surface area (Å²) in [6, 6.07) is 0. The average molecular weight is 1040 g/mol. The number of fused-ring (bicyclic) bond motifs is 7. The molecule has 73 heavy (non-hydrogen) atoms. The van der Waals surface area contributed by atoms with Crippen LogP contribution in [0.3, 0.4) is 0 Å². The third-order valence-corrected chi connectivity index (χ3v) is 20.3. The molecule has 7 fully saturated rings. The molecule has 20 nitrogen and oxygen atoms in total. The number of carboxylic acid groups (broad SMARTS) is 1. The smallest absolute Gasteiger partial charge is 0.335 e. The second kappa shape index (κ2) is 20.2. The minimum atomic E-state index is -1.99. The van der Waals surface area contributed by atoms with Gasteiger partial charge in [0.25, 0.3) is 0 Å². The van der Waals surface area contributed by atoms with Crippen molar-refractivity contribution in [3.63, 3.8) is 0 Å². The van der Waals surface area contributed by atoms with Crippen LogP contribution in [-0.2, 0) is 42.7 Å². The van der Waals surface area contributed by atoms with Gasteiger partial charge in [0, 0.05) is 5.57 Å². The second-order valence-electron chi connectivity index (χ2n) is 25.1. The third kappa shape index (κ3) is 9.19. The highest BCUT2D eigenvalue weighted by atomic mass is 16.7. The number of ether oxygens (including phenoxy) is 7. The number of hydrogen-bond acceptors (Lipinski definition) is 19. The summed E-state index contributed by atoms with van der Waals surface area (Å²) in [7, 11) is 0. The summed E-state index contributed by atoms with van der Waals surface area (Å²) in [6.45, 7) is 19.5. The number of aliphatic hydroxyl groups is 10. The summed E-state index contributed by atoms with van der Waals surface area (Å²) in [5.41, 5.74) is -1.79. The van der Waals surface area contributed by atoms with Crippen LogP contribution in [0.4, 0.5) is 0 Å². The van der Waals surface area contributed by atoms with Gasteiger partial charge in [-0.3, -0.25) is 0 Å². The zero-order valence-electron chi connectivity index (χ0n) is 43.9. The van der Waals surface area contributed by atoms with E-state index in [1.807, 2.05) is 0 Å². The van der Waals surface area contributed by atoms with Gasteiger partial charge in [-0.2, -0.15) is 0 Å². The Morgan fingerprint density at radius 3 is 2.01 bits per heavy atom. The van der Waals surface area contributed by atoms with Crippen LogP contribution in [0.5, 0.6) is 0 Å². The van der Waals surface area contributed by atoms with Gasteiger partial charge in [0.05, 0.1) is 36.9 Å². The second-order valence-corrected chi connectivity index (χ2v) is 25.1. The molecule has 3 aliphatic heterocycles. The van der Waals surface area contributed by atoms with E-state index in [0.717, 1.165) is 12.8 Å². The van der Waals surface area contributed by atoms with Gasteiger partial charge < -0.3 is 89.3 Å². The van der Waals surface area contributed by atoms with E-state index >= 15 is 0 Å². The van der Waals surface area contributed by atoms with E-state index in [1.54, 1.807) is 26.8 Å². The maximum atomic E-state index is 13.8. The average Bonchev–Trinajstić information content (AvgIpc) is 3.31. The van der Waals surface area contributed by atoms with Gasteiger partial charge in [-0.1, -0.05) is 66.2 Å². The number of aliphatic carboxylic acids is 1. The monoisotopic (exact) mass is 1040 g/mol. The van der Waals surface area contributed by atoms with Crippen molar-refractivity contribution in [2.45, 2.75) is 231 Å². The van der Waals surface area contributed by atoms with E-state index in [2.05, 4.69) is 54.5 Å². The first-order valence-corrected chi connectivity index (χ1v) is 26.3. The van der Waals surface area contributed by atoms with Gasteiger partial charge in [0.2, 0.25) is 0 Å². The normalized spacial score (nSPS) is 51.6. The highest BCUT2D eigenvalue weighted by Crippen LogP contribution is 2.76. The largest absolute Gasteiger partial charge is 0.479 e. The lowest BCUT2D eigenvalue weighted by Crippen LogP contribution is -2.70. The van der Waals surface area contributed by atoms with Crippen LogP contribution < -0.4 is 0 Å². The van der Waals surface area contributed by atoms with Crippen molar-refractivity contribution in [2.24, 2.45) is 50.2 Å². The highest BCUT2D eigenvalue weighted by Gasteiger charge is 2.72. The quantitative estimate of drug-likeness (QED) is 0.0599. The van der Waals surface area contributed by atoms with Crippen molar-refractivity contribution < 1.29 is 98.9 Å². The van der Waals surface area contributed by atoms with E-state index in [4.69, 9.17) is 33.2 Å². The summed E-state index contributed by atoms with van der Waals surface area (Å²) >= 11 is 0. The number of rotatable bonds is 11. The molecule has 0 aromatic rings. The van der Waals surface area contributed by atoms with Gasteiger partial charge in [0.15, 0.2) is 25.0 Å². The molecule has 5 aliphatic carbocycles. The van der Waals surface area contributed by atoms with Crippen molar-refractivity contribution in [3.8, 4) is 0 Å². The van der Waals surface area contributed by atoms with Gasteiger partial charge in [0.1, 0.15) is 67.1 Å². The number of allylic oxidation sites excluding steroid dienone is 3. The molecule has 0 bridgehead atoms. The molecular weight excluding hydrogens is 957 g/mol. The number of carbonyl (C=O) groups is 2. The van der Waals surface area contributed by atoms with Crippen LogP contribution in [0.15, 0.2) is 23.3 Å². The maximum Gasteiger partial charge on any atom is 0.335 e. The number of aliphatic hydroxyl groups excluding tert-OH is 10. The Morgan fingerprint density at radius 1 is 0.726 bits per heavy atom. The van der Waals surface area contributed by atoms with Crippen molar-refractivity contribution in [2.75, 3.05) is 13.2 Å². The summed E-state index contributed by atoms with van der Waals surface area (Å²) in [5.74, 6) is -2.30. The van der Waals surface area contributed by atoms with E-state index in [0.29, 0.717) is 44.1 Å². The lowest BCUT2D eigenvalue weighted by Gasteiger charge is -2.72. The van der Waals surface area contributed by atoms with Crippen molar-refractivity contribution in [1.82, 2.24) is 0 Å². The standard InChI is InChI=1S/C53H84O20/c1-11-23(2)44(66)70-32-20-48(4,5)18-26-25-12-13-29-50(8)16-15-31(71-47-40(63)41(39(62)42(73-47)43(64)65)72-46-38(61)36(59)34(57)27(21-54)69-46)49(6,7)28(50)14-17-51(29,9)52(25,10)19-30(55)53(26,32)22-67-45-37(60)35(58)33(56)24(3)68-45/h11-12,24,26-42,45-47,54-63H,13-22H2,1-10H3,(H,64,65)/b23-11+/t24-,26-,27+,28-,29+,30-,31-,32-,33-,34+,35+,36-,37+,38+,39-,40+,41-,42-,45+,46-,47+,50-,51+,52+,53-/m0/s1. The number of esters is 1. The Morgan fingerprint density at radius 2 is 1.37 bits per heavy atom. The molecule has 3 heterocycles. The molecule has 416 valence electrons. The molecule has 0 radical (unpaired) electrons. The summed E-state index contributed by atoms with van der Waals surface area (Å²) in [4.78, 5) is 26.2. The number of hydrogen-bond donors (Lipinski definition) is 11. The first-order valence-electron chi connectivity index (χ1n) is 26.3. The van der Waals surface area contributed by atoms with Crippen LogP contribution in [0.2, 0.25) is 0 Å². The van der Waals surface area contributed by atoms with Crippen LogP contribution in [0, 0.1) is 50.2 Å². The predicted octanol–water partition coefficient (Wildman–Crippen LogP) is 1.19. The Bertz CT molecular complexity index is 2100. The minimum Gasteiger partial charge on any atom is -0.479 e. The summed E-state index contributed by atoms with van der Waals surface area (Å²) in [5, 5.41) is 120. The number of carbonyl (C=O) groups excluding carboxylic acids is 1. The van der Waals surface area contributed by atoms with Crippen LogP contribution in [0.25, 0.3) is 0 Å². The predicted molar refractivity (Wildman–Crippen MR) is 255 cm³/mol. The molecule has 8 rings (SSSR count). The van der Waals surface area contributed by atoms with Crippen LogP contribution in [0.1, 0.15) is 121 Å². The van der Waals surface area contributed by atoms with E-state index in [-0.39, 0.29) is 40.6 Å². The first-order chi connectivity index (χ1) is 33.9. The molecule has 11 N–H and O–H groups in total. The summed E-state index contributed by atoms with van der Waals surface area (Å²) < 4.78 is 42.5. The molecule has 0 aromatic carbocycles. The topological polar surface area (TPSA) is 321 Å². The molecule has 0 amide bonds. The zero-order valence-corrected chi connectivity index (χ0v) is 43.9. The van der Waals surface area contributed by atoms with E-state index < -0.39 is 145 Å². The van der Waals surface area contributed by atoms with Gasteiger partial charge in [-0.25, -0.2) is 9.59 Å². The maximum absolute atomic E-state index is 13.8. The van der Waals surface area contributed by atoms with Crippen molar-refractivity contribution in [1.29, 1.82) is 0 Å². The molecule has 4 saturated carbocycles. The fourth-order valence-corrected chi connectivity index (χ4v) is 15.8. The Kier molecular flexibility index (Phi) is 15.8. The SMILES string of the molecule is C/C=C(\C)C(=O)O[C@H]1CC(C)(C)C[C@H]2C3=CC[C@@H]4[C@@]5(C)CC[C@H](O[C@@H]6O[C@H](C(=O)O)[C@@H](O)[C@H](O[C@@H]7O[C@H](CO)[C@@H](O)[C@H](O)[C@H]7O)[C@H]6O)C(C)(C)[C@@H]5CC[C@@]4(C)[C@]3(C)C[C@H](O)[C@@]12CO[C@@H]1O[C@@H](C)[C@H](O)[C@@H](O)[C@H]1O. The van der Waals surface area contributed by atoms with E-state index in [1.165, 1.54) is 5.57 Å². The third-order valence-electron chi connectivity index (χ3n) is 20.3. The lowest BCUT2D eigenvalue weighted by molar-refractivity contribution is -0.365. The molecule has 3 saturated heterocycles. The Balaban J connectivity index is 1.08. The van der Waals surface area contributed by atoms with Gasteiger partial charge in [-0.15, -0.1) is 0 Å². The summed E-state index contributed by atoms with van der Waals surface area (Å²) in [6.07, 6.45) is -18.1. The van der Waals surface area contributed by atoms with Crippen molar-refractivity contribution in [3.05, 3.63) is 23.3 Å². The number of carboxylic acids is 1. The molecule has 8 aliphatic rings. The first kappa shape index (κ1) is 57.0. The van der Waals surface area contributed by atoms with Gasteiger partial charge in [-0.05, 0) is 117 Å². The molecule has 0 aromatic heterocycles. The lowest BCUT2D eigenvalue weighted by atomic mass is 9.33. The molecule has 0 spiro atoms. The Labute approximate surface area is 427 Å². The fourth-order valence-electron chi connectivity index (χ4n) is 15.8. The van der Waals surface area contributed by atoms with E-state index in [9.17, 15) is 65.8 Å². The van der Waals surface area contributed by atoms with Crippen LogP contribution >= 0.6 is 0 Å². The molecule has 0 unspecified atom stereocenters. The minimum absolute atomic E-state index is 0.0320. The van der Waals surface area contributed by atoms with Gasteiger partial charge >= 0.3 is 11.9 Å². The fraction of sp³-hybridized carbons (Fsp3) is 0.887. The Hall–Kier alpha value is -2.22. The zero-order chi connectivity index (χ0) is 53.9. The highest BCUT2D eigenvalue weighted by molar-refractivity contribution is 5.87. The molecular formula is C53H84O20.